The van der Waals surface area contributed by atoms with E-state index in [0.29, 0.717) is 19.5 Å². The van der Waals surface area contributed by atoms with Crippen molar-refractivity contribution in [2.75, 3.05) is 13.1 Å². The van der Waals surface area contributed by atoms with E-state index in [-0.39, 0.29) is 18.0 Å². The molecular weight excluding hydrogens is 376 g/mol. The number of hydrogen-bond donors (Lipinski definition) is 1. The third-order valence-electron chi connectivity index (χ3n) is 6.08. The second kappa shape index (κ2) is 9.74. The third-order valence-corrected chi connectivity index (χ3v) is 6.08. The number of nitrogens with zero attached hydrogens (tertiary/aromatic N) is 3. The SMILES string of the molecule is O=C1CCCN1Cc1cccc(CNC(=O)N2CCCCCC2c2ccncc2)c1. The lowest BCUT2D eigenvalue weighted by Gasteiger charge is -2.30. The zero-order valence-electron chi connectivity index (χ0n) is 17.4. The van der Waals surface area contributed by atoms with Gasteiger partial charge in [0.2, 0.25) is 5.91 Å². The van der Waals surface area contributed by atoms with Crippen LogP contribution < -0.4 is 5.32 Å². The van der Waals surface area contributed by atoms with E-state index in [4.69, 9.17) is 0 Å². The van der Waals surface area contributed by atoms with Crippen LogP contribution in [0.1, 0.15) is 61.3 Å². The van der Waals surface area contributed by atoms with E-state index in [1.54, 1.807) is 12.4 Å². The van der Waals surface area contributed by atoms with Gasteiger partial charge in [0.25, 0.3) is 0 Å². The Labute approximate surface area is 178 Å². The Hall–Kier alpha value is -2.89. The van der Waals surface area contributed by atoms with E-state index in [0.717, 1.165) is 61.9 Å². The number of aromatic nitrogens is 1. The summed E-state index contributed by atoms with van der Waals surface area (Å²) < 4.78 is 0. The van der Waals surface area contributed by atoms with Crippen LogP contribution in [0.4, 0.5) is 4.79 Å². The van der Waals surface area contributed by atoms with Crippen LogP contribution in [0, 0.1) is 0 Å². The summed E-state index contributed by atoms with van der Waals surface area (Å²) in [4.78, 5) is 33.0. The summed E-state index contributed by atoms with van der Waals surface area (Å²) in [5, 5.41) is 3.12. The van der Waals surface area contributed by atoms with Gasteiger partial charge in [0.15, 0.2) is 0 Å². The van der Waals surface area contributed by atoms with Gasteiger partial charge >= 0.3 is 6.03 Å². The maximum atomic E-state index is 13.1. The molecule has 0 bridgehead atoms. The van der Waals surface area contributed by atoms with E-state index in [2.05, 4.69) is 16.4 Å². The quantitative estimate of drug-likeness (QED) is 0.815. The van der Waals surface area contributed by atoms with Crippen molar-refractivity contribution >= 4 is 11.9 Å². The number of benzene rings is 1. The maximum Gasteiger partial charge on any atom is 0.318 e. The molecule has 4 rings (SSSR count). The van der Waals surface area contributed by atoms with Crippen molar-refractivity contribution in [3.8, 4) is 0 Å². The fourth-order valence-corrected chi connectivity index (χ4v) is 4.49. The number of likely N-dealkylation sites (tertiary alicyclic amines) is 2. The molecule has 0 spiro atoms. The van der Waals surface area contributed by atoms with E-state index in [1.165, 1.54) is 0 Å². The van der Waals surface area contributed by atoms with Gasteiger partial charge < -0.3 is 15.1 Å². The lowest BCUT2D eigenvalue weighted by Crippen LogP contribution is -2.42. The molecule has 1 aromatic carbocycles. The lowest BCUT2D eigenvalue weighted by atomic mass is 10.0. The fraction of sp³-hybridized carbons (Fsp3) is 0.458. The first kappa shape index (κ1) is 20.4. The zero-order chi connectivity index (χ0) is 20.8. The van der Waals surface area contributed by atoms with Gasteiger partial charge in [0.05, 0.1) is 6.04 Å². The summed E-state index contributed by atoms with van der Waals surface area (Å²) in [7, 11) is 0. The number of carbonyl (C=O) groups is 2. The van der Waals surface area contributed by atoms with Gasteiger partial charge in [-0.15, -0.1) is 0 Å². The number of pyridine rings is 1. The normalized spacial score (nSPS) is 19.6. The van der Waals surface area contributed by atoms with Crippen LogP contribution >= 0.6 is 0 Å². The van der Waals surface area contributed by atoms with E-state index in [1.807, 2.05) is 40.1 Å². The van der Waals surface area contributed by atoms with Gasteiger partial charge in [-0.2, -0.15) is 0 Å². The minimum Gasteiger partial charge on any atom is -0.338 e. The van der Waals surface area contributed by atoms with Crippen LogP contribution in [0.25, 0.3) is 0 Å². The summed E-state index contributed by atoms with van der Waals surface area (Å²) in [6.45, 7) is 2.75. The van der Waals surface area contributed by atoms with Gasteiger partial charge in [0, 0.05) is 45.0 Å². The van der Waals surface area contributed by atoms with Crippen LogP contribution in [-0.4, -0.2) is 39.8 Å². The average molecular weight is 407 g/mol. The van der Waals surface area contributed by atoms with Crippen molar-refractivity contribution < 1.29 is 9.59 Å². The molecule has 158 valence electrons. The highest BCUT2D eigenvalue weighted by molar-refractivity contribution is 5.78. The Morgan fingerprint density at radius 3 is 2.67 bits per heavy atom. The second-order valence-electron chi connectivity index (χ2n) is 8.24. The van der Waals surface area contributed by atoms with Gasteiger partial charge in [-0.1, -0.05) is 37.1 Å². The number of hydrogen-bond acceptors (Lipinski definition) is 3. The molecule has 2 saturated heterocycles. The average Bonchev–Trinajstić information content (AvgIpc) is 3.02. The van der Waals surface area contributed by atoms with E-state index >= 15 is 0 Å². The number of urea groups is 1. The molecule has 1 N–H and O–H groups in total. The molecule has 30 heavy (non-hydrogen) atoms. The largest absolute Gasteiger partial charge is 0.338 e. The molecule has 1 unspecified atom stereocenters. The molecule has 6 nitrogen and oxygen atoms in total. The number of amides is 3. The molecule has 1 atom stereocenters. The Bertz CT molecular complexity index is 871. The van der Waals surface area contributed by atoms with Crippen molar-refractivity contribution in [1.29, 1.82) is 0 Å². The van der Waals surface area contributed by atoms with Crippen molar-refractivity contribution in [3.05, 3.63) is 65.5 Å². The molecule has 0 aliphatic carbocycles. The number of carbonyl (C=O) groups excluding carboxylic acids is 2. The van der Waals surface area contributed by atoms with Gasteiger partial charge in [-0.05, 0) is 48.1 Å². The molecule has 0 radical (unpaired) electrons. The summed E-state index contributed by atoms with van der Waals surface area (Å²) in [5.41, 5.74) is 3.32. The highest BCUT2D eigenvalue weighted by Gasteiger charge is 2.26. The Balaban J connectivity index is 1.39. The monoisotopic (exact) mass is 406 g/mol. The Morgan fingerprint density at radius 2 is 1.87 bits per heavy atom. The maximum absolute atomic E-state index is 13.1. The Morgan fingerprint density at radius 1 is 1.03 bits per heavy atom. The smallest absolute Gasteiger partial charge is 0.318 e. The molecule has 6 heteroatoms. The first-order valence-corrected chi connectivity index (χ1v) is 11.0. The predicted octanol–water partition coefficient (Wildman–Crippen LogP) is 4.03. The molecular formula is C24H30N4O2. The Kier molecular flexibility index (Phi) is 6.62. The molecule has 2 fully saturated rings. The number of nitrogens with one attached hydrogen (secondary N) is 1. The molecule has 3 amide bonds. The molecule has 3 heterocycles. The summed E-state index contributed by atoms with van der Waals surface area (Å²) in [6.07, 6.45) is 9.51. The van der Waals surface area contributed by atoms with Crippen LogP contribution in [0.15, 0.2) is 48.8 Å². The van der Waals surface area contributed by atoms with Crippen molar-refractivity contribution in [1.82, 2.24) is 20.1 Å². The molecule has 1 aromatic heterocycles. The molecule has 2 aliphatic heterocycles. The minimum atomic E-state index is -0.0150. The van der Waals surface area contributed by atoms with E-state index < -0.39 is 0 Å². The van der Waals surface area contributed by atoms with E-state index in [9.17, 15) is 9.59 Å². The third kappa shape index (κ3) is 4.99. The van der Waals surface area contributed by atoms with Crippen molar-refractivity contribution in [2.45, 2.75) is 57.7 Å². The zero-order valence-corrected chi connectivity index (χ0v) is 17.4. The standard InChI is InChI=1S/C24H30N4O2/c29-23-9-5-14-27(23)18-20-7-4-6-19(16-20)17-26-24(30)28-15-3-1-2-8-22(28)21-10-12-25-13-11-21/h4,6-7,10-13,16,22H,1-3,5,8-9,14-15,17-18H2,(H,26,30). The second-order valence-corrected chi connectivity index (χ2v) is 8.24. The van der Waals surface area contributed by atoms with Gasteiger partial charge in [0.1, 0.15) is 0 Å². The predicted molar refractivity (Wildman–Crippen MR) is 115 cm³/mol. The molecule has 2 aliphatic rings. The summed E-state index contributed by atoms with van der Waals surface area (Å²) in [5.74, 6) is 0.233. The highest BCUT2D eigenvalue weighted by atomic mass is 16.2. The first-order chi connectivity index (χ1) is 14.7. The van der Waals surface area contributed by atoms with Crippen molar-refractivity contribution in [2.24, 2.45) is 0 Å². The topological polar surface area (TPSA) is 65.5 Å². The summed E-state index contributed by atoms with van der Waals surface area (Å²) >= 11 is 0. The van der Waals surface area contributed by atoms with Gasteiger partial charge in [-0.3, -0.25) is 9.78 Å². The van der Waals surface area contributed by atoms with Crippen LogP contribution in [0.5, 0.6) is 0 Å². The fourth-order valence-electron chi connectivity index (χ4n) is 4.49. The first-order valence-electron chi connectivity index (χ1n) is 11.0. The van der Waals surface area contributed by atoms with Gasteiger partial charge in [-0.25, -0.2) is 4.79 Å². The molecule has 0 saturated carbocycles. The van der Waals surface area contributed by atoms with Crippen LogP contribution in [-0.2, 0) is 17.9 Å². The van der Waals surface area contributed by atoms with Crippen LogP contribution in [0.2, 0.25) is 0 Å². The van der Waals surface area contributed by atoms with Crippen LogP contribution in [0.3, 0.4) is 0 Å². The lowest BCUT2D eigenvalue weighted by molar-refractivity contribution is -0.128. The molecule has 2 aromatic rings. The highest BCUT2D eigenvalue weighted by Crippen LogP contribution is 2.29. The number of rotatable bonds is 5. The van der Waals surface area contributed by atoms with Crippen molar-refractivity contribution in [3.63, 3.8) is 0 Å². The summed E-state index contributed by atoms with van der Waals surface area (Å²) in [6, 6.07) is 12.3. The minimum absolute atomic E-state index is 0.0150.